The third-order valence-electron chi connectivity index (χ3n) is 3.50. The number of aliphatic imine (C=N–C) groups is 1. The monoisotopic (exact) mass is 365 g/mol. The average Bonchev–Trinajstić information content (AvgIpc) is 2.86. The van der Waals surface area contributed by atoms with E-state index in [9.17, 15) is 0 Å². The van der Waals surface area contributed by atoms with Gasteiger partial charge in [0.1, 0.15) is 0 Å². The molecule has 2 aromatic carbocycles. The topological polar surface area (TPSA) is 55.1 Å². The van der Waals surface area contributed by atoms with E-state index < -0.39 is 0 Å². The SMILES string of the molecule is Brc1ccc(C2=CC=Nc3nnc(-c4ccccc4)n3N2)cc1. The highest BCUT2D eigenvalue weighted by molar-refractivity contribution is 9.10. The van der Waals surface area contributed by atoms with Crippen LogP contribution in [0.1, 0.15) is 5.56 Å². The summed E-state index contributed by atoms with van der Waals surface area (Å²) in [6.45, 7) is 0. The van der Waals surface area contributed by atoms with Gasteiger partial charge < -0.3 is 0 Å². The molecular weight excluding hydrogens is 354 g/mol. The lowest BCUT2D eigenvalue weighted by molar-refractivity contribution is 0.967. The number of aromatic nitrogens is 3. The van der Waals surface area contributed by atoms with Gasteiger partial charge in [0, 0.05) is 16.3 Å². The fraction of sp³-hybridized carbons (Fsp3) is 0. The predicted molar refractivity (Wildman–Crippen MR) is 95.1 cm³/mol. The Balaban J connectivity index is 1.76. The molecule has 1 aliphatic rings. The first-order valence-corrected chi connectivity index (χ1v) is 7.89. The molecule has 0 spiro atoms. The summed E-state index contributed by atoms with van der Waals surface area (Å²) in [5.41, 5.74) is 6.32. The summed E-state index contributed by atoms with van der Waals surface area (Å²) in [7, 11) is 0. The van der Waals surface area contributed by atoms with E-state index in [-0.39, 0.29) is 0 Å². The molecule has 23 heavy (non-hydrogen) atoms. The molecule has 4 rings (SSSR count). The number of fused-ring (bicyclic) bond motifs is 1. The van der Waals surface area contributed by atoms with Crippen molar-refractivity contribution in [2.45, 2.75) is 0 Å². The summed E-state index contributed by atoms with van der Waals surface area (Å²) in [4.78, 5) is 4.34. The third kappa shape index (κ3) is 2.68. The normalized spacial score (nSPS) is 13.0. The molecule has 1 aliphatic heterocycles. The van der Waals surface area contributed by atoms with Gasteiger partial charge in [-0.15, -0.1) is 10.2 Å². The third-order valence-corrected chi connectivity index (χ3v) is 4.03. The molecule has 0 fully saturated rings. The molecule has 1 N–H and O–H groups in total. The summed E-state index contributed by atoms with van der Waals surface area (Å²) in [6.07, 6.45) is 3.65. The fourth-order valence-corrected chi connectivity index (χ4v) is 2.63. The van der Waals surface area contributed by atoms with Gasteiger partial charge in [-0.3, -0.25) is 5.43 Å². The molecule has 3 aromatic rings. The molecule has 0 amide bonds. The van der Waals surface area contributed by atoms with Crippen LogP contribution in [0.5, 0.6) is 0 Å². The van der Waals surface area contributed by atoms with Gasteiger partial charge in [-0.1, -0.05) is 58.4 Å². The van der Waals surface area contributed by atoms with E-state index in [2.05, 4.69) is 36.5 Å². The lowest BCUT2D eigenvalue weighted by Gasteiger charge is -2.13. The molecule has 2 heterocycles. The van der Waals surface area contributed by atoms with Gasteiger partial charge in [-0.25, -0.2) is 4.99 Å². The number of hydrogen-bond acceptors (Lipinski definition) is 4. The first-order valence-electron chi connectivity index (χ1n) is 7.09. The van der Waals surface area contributed by atoms with Crippen LogP contribution >= 0.6 is 15.9 Å². The van der Waals surface area contributed by atoms with Crippen molar-refractivity contribution in [3.63, 3.8) is 0 Å². The summed E-state index contributed by atoms with van der Waals surface area (Å²) >= 11 is 3.46. The quantitative estimate of drug-likeness (QED) is 0.746. The van der Waals surface area contributed by atoms with E-state index in [1.807, 2.05) is 60.7 Å². The Morgan fingerprint density at radius 1 is 0.870 bits per heavy atom. The summed E-state index contributed by atoms with van der Waals surface area (Å²) < 4.78 is 2.84. The lowest BCUT2D eigenvalue weighted by atomic mass is 10.1. The van der Waals surface area contributed by atoms with Crippen LogP contribution < -0.4 is 5.43 Å². The Kier molecular flexibility index (Phi) is 3.51. The second-order valence-electron chi connectivity index (χ2n) is 5.00. The lowest BCUT2D eigenvalue weighted by Crippen LogP contribution is -2.14. The molecule has 112 valence electrons. The minimum Gasteiger partial charge on any atom is -0.289 e. The van der Waals surface area contributed by atoms with E-state index >= 15 is 0 Å². The Morgan fingerprint density at radius 3 is 2.43 bits per heavy atom. The van der Waals surface area contributed by atoms with Crippen LogP contribution in [0.2, 0.25) is 0 Å². The predicted octanol–water partition coefficient (Wildman–Crippen LogP) is 4.01. The van der Waals surface area contributed by atoms with Crippen LogP contribution in [0.15, 0.2) is 70.1 Å². The molecule has 0 radical (unpaired) electrons. The highest BCUT2D eigenvalue weighted by Crippen LogP contribution is 2.25. The van der Waals surface area contributed by atoms with Gasteiger partial charge in [0.15, 0.2) is 5.82 Å². The minimum absolute atomic E-state index is 0.521. The second kappa shape index (κ2) is 5.81. The highest BCUT2D eigenvalue weighted by Gasteiger charge is 2.16. The molecule has 0 aliphatic carbocycles. The first-order chi connectivity index (χ1) is 11.3. The van der Waals surface area contributed by atoms with Gasteiger partial charge in [0.2, 0.25) is 0 Å². The molecule has 0 bridgehead atoms. The van der Waals surface area contributed by atoms with Crippen LogP contribution in [0.25, 0.3) is 17.1 Å². The number of rotatable bonds is 2. The fourth-order valence-electron chi connectivity index (χ4n) is 2.36. The standard InChI is InChI=1S/C17H12BrN5/c18-14-8-6-12(7-9-14)15-10-11-19-17-21-20-16(23(17)22-15)13-4-2-1-3-5-13/h1-11,22H. The summed E-state index contributed by atoms with van der Waals surface area (Å²) in [5.74, 6) is 1.25. The maximum absolute atomic E-state index is 4.34. The molecular formula is C17H12BrN5. The number of nitrogens with zero attached hydrogens (tertiary/aromatic N) is 4. The zero-order chi connectivity index (χ0) is 15.6. The van der Waals surface area contributed by atoms with Crippen molar-refractivity contribution in [1.82, 2.24) is 14.9 Å². The van der Waals surface area contributed by atoms with Crippen LogP contribution in [0.3, 0.4) is 0 Å². The molecule has 5 nitrogen and oxygen atoms in total. The van der Waals surface area contributed by atoms with Crippen molar-refractivity contribution >= 4 is 33.8 Å². The molecule has 0 saturated heterocycles. The van der Waals surface area contributed by atoms with Crippen molar-refractivity contribution in [3.8, 4) is 11.4 Å². The summed E-state index contributed by atoms with van der Waals surface area (Å²) in [5, 5.41) is 8.40. The molecule has 0 saturated carbocycles. The molecule has 1 aromatic heterocycles. The average molecular weight is 366 g/mol. The number of hydrogen-bond donors (Lipinski definition) is 1. The number of allylic oxidation sites excluding steroid dienone is 1. The van der Waals surface area contributed by atoms with E-state index in [1.165, 1.54) is 0 Å². The van der Waals surface area contributed by atoms with Crippen LogP contribution in [0, 0.1) is 0 Å². The van der Waals surface area contributed by atoms with Crippen LogP contribution in [0.4, 0.5) is 5.95 Å². The van der Waals surface area contributed by atoms with Crippen LogP contribution in [-0.4, -0.2) is 21.1 Å². The maximum atomic E-state index is 4.34. The van der Waals surface area contributed by atoms with Crippen molar-refractivity contribution in [3.05, 3.63) is 70.7 Å². The first kappa shape index (κ1) is 13.9. The second-order valence-corrected chi connectivity index (χ2v) is 5.92. The van der Waals surface area contributed by atoms with Gasteiger partial charge in [-0.2, -0.15) is 4.68 Å². The van der Waals surface area contributed by atoms with Crippen LogP contribution in [-0.2, 0) is 0 Å². The number of nitrogens with one attached hydrogen (secondary N) is 1. The Morgan fingerprint density at radius 2 is 1.65 bits per heavy atom. The molecule has 0 unspecified atom stereocenters. The van der Waals surface area contributed by atoms with Gasteiger partial charge >= 0.3 is 0 Å². The highest BCUT2D eigenvalue weighted by atomic mass is 79.9. The van der Waals surface area contributed by atoms with Crippen molar-refractivity contribution in [2.24, 2.45) is 4.99 Å². The van der Waals surface area contributed by atoms with E-state index in [0.717, 1.165) is 27.1 Å². The van der Waals surface area contributed by atoms with Crippen molar-refractivity contribution in [2.75, 3.05) is 5.43 Å². The zero-order valence-electron chi connectivity index (χ0n) is 12.0. The van der Waals surface area contributed by atoms with E-state index in [1.54, 1.807) is 10.9 Å². The minimum atomic E-state index is 0.521. The van der Waals surface area contributed by atoms with Gasteiger partial charge in [0.05, 0.1) is 5.70 Å². The van der Waals surface area contributed by atoms with Crippen molar-refractivity contribution < 1.29 is 0 Å². The Labute approximate surface area is 141 Å². The largest absolute Gasteiger partial charge is 0.289 e. The Hall–Kier alpha value is -2.73. The van der Waals surface area contributed by atoms with Crippen molar-refractivity contribution in [1.29, 1.82) is 0 Å². The number of halogens is 1. The number of benzene rings is 2. The molecule has 0 atom stereocenters. The van der Waals surface area contributed by atoms with E-state index in [0.29, 0.717) is 5.95 Å². The zero-order valence-corrected chi connectivity index (χ0v) is 13.6. The molecule has 6 heteroatoms. The van der Waals surface area contributed by atoms with Gasteiger partial charge in [-0.05, 0) is 23.8 Å². The summed E-state index contributed by atoms with van der Waals surface area (Å²) in [6, 6.07) is 18.0. The Bertz CT molecular complexity index is 894. The van der Waals surface area contributed by atoms with E-state index in [4.69, 9.17) is 0 Å². The van der Waals surface area contributed by atoms with Gasteiger partial charge in [0.25, 0.3) is 5.95 Å². The maximum Gasteiger partial charge on any atom is 0.270 e. The smallest absolute Gasteiger partial charge is 0.270 e.